The zero-order valence-electron chi connectivity index (χ0n) is 13.2. The number of carbonyl (C=O) groups is 2. The van der Waals surface area contributed by atoms with Crippen molar-refractivity contribution in [3.63, 3.8) is 0 Å². The number of fused-ring (bicyclic) bond motifs is 1. The summed E-state index contributed by atoms with van der Waals surface area (Å²) in [7, 11) is 1.47. The molecule has 3 rings (SSSR count). The van der Waals surface area contributed by atoms with Crippen LogP contribution in [0.3, 0.4) is 0 Å². The number of pyridine rings is 1. The van der Waals surface area contributed by atoms with Gasteiger partial charge in [-0.15, -0.1) is 0 Å². The summed E-state index contributed by atoms with van der Waals surface area (Å²) in [6.45, 7) is 0. The van der Waals surface area contributed by atoms with Crippen LogP contribution in [-0.2, 0) is 10.0 Å². The fraction of sp³-hybridized carbons (Fsp3) is 0.118. The fourth-order valence-electron chi connectivity index (χ4n) is 2.43. The third-order valence-corrected chi connectivity index (χ3v) is 6.53. The summed E-state index contributed by atoms with van der Waals surface area (Å²) in [6, 6.07) is 6.99. The molecule has 1 aromatic heterocycles. The number of rotatable bonds is 4. The summed E-state index contributed by atoms with van der Waals surface area (Å²) in [6.07, 6.45) is 1.48. The number of nitrogens with zero attached hydrogens (tertiary/aromatic N) is 1. The standard InChI is InChI=1S/C17H14AsIN2O4/c1-25-15-8-20-10(5-14(15)22)6-18-7-13-12-4-9(19)2-3-11(12)16(23)21-17(13)24/h2-5,7-8,18H,6H2,1H3,(H,20,22)(H,21,23,24)/b13-7+. The minimum absolute atomic E-state index is 0.0488. The van der Waals surface area contributed by atoms with E-state index in [0.29, 0.717) is 27.7 Å². The topological polar surface area (TPSA) is 88.5 Å². The Labute approximate surface area is 164 Å². The monoisotopic (exact) mass is 512 g/mol. The van der Waals surface area contributed by atoms with Crippen molar-refractivity contribution in [2.45, 2.75) is 5.21 Å². The first-order valence-electron chi connectivity index (χ1n) is 7.30. The second-order valence-corrected chi connectivity index (χ2v) is 8.71. The quantitative estimate of drug-likeness (QED) is 0.282. The van der Waals surface area contributed by atoms with Crippen LogP contribution >= 0.6 is 22.6 Å². The van der Waals surface area contributed by atoms with Gasteiger partial charge in [-0.3, -0.25) is 0 Å². The number of amides is 2. The van der Waals surface area contributed by atoms with E-state index in [1.54, 1.807) is 12.1 Å². The molecule has 0 spiro atoms. The molecule has 2 heterocycles. The molecule has 1 aliphatic heterocycles. The predicted molar refractivity (Wildman–Crippen MR) is 103 cm³/mol. The van der Waals surface area contributed by atoms with E-state index in [2.05, 4.69) is 32.9 Å². The second-order valence-electron chi connectivity index (χ2n) is 5.26. The number of hydrogen-bond donors (Lipinski definition) is 2. The molecule has 1 aromatic carbocycles. The van der Waals surface area contributed by atoms with Gasteiger partial charge in [0.1, 0.15) is 0 Å². The molecule has 1 aliphatic rings. The van der Waals surface area contributed by atoms with Gasteiger partial charge in [-0.25, -0.2) is 0 Å². The number of methoxy groups -OCH3 is 1. The third-order valence-electron chi connectivity index (χ3n) is 3.64. The van der Waals surface area contributed by atoms with Gasteiger partial charge in [0.05, 0.1) is 0 Å². The molecule has 1 unspecified atom stereocenters. The molecular weight excluding hydrogens is 498 g/mol. The average Bonchev–Trinajstić information content (AvgIpc) is 2.57. The van der Waals surface area contributed by atoms with E-state index < -0.39 is 15.8 Å². The van der Waals surface area contributed by atoms with Crippen LogP contribution in [0.5, 0.6) is 11.5 Å². The maximum absolute atomic E-state index is 12.2. The van der Waals surface area contributed by atoms with Crippen molar-refractivity contribution in [1.29, 1.82) is 0 Å². The van der Waals surface area contributed by atoms with E-state index >= 15 is 0 Å². The normalized spacial score (nSPS) is 15.5. The number of ether oxygens (including phenoxy) is 1. The van der Waals surface area contributed by atoms with E-state index in [1.807, 2.05) is 17.0 Å². The number of benzene rings is 1. The Morgan fingerprint density at radius 2 is 2.08 bits per heavy atom. The zero-order chi connectivity index (χ0) is 18.0. The van der Waals surface area contributed by atoms with Gasteiger partial charge in [0, 0.05) is 0 Å². The first kappa shape index (κ1) is 17.9. The van der Waals surface area contributed by atoms with Gasteiger partial charge in [-0.05, 0) is 0 Å². The van der Waals surface area contributed by atoms with E-state index in [-0.39, 0.29) is 17.6 Å². The third kappa shape index (κ3) is 3.87. The van der Waals surface area contributed by atoms with Gasteiger partial charge < -0.3 is 0 Å². The van der Waals surface area contributed by atoms with Gasteiger partial charge in [0.25, 0.3) is 0 Å². The summed E-state index contributed by atoms with van der Waals surface area (Å²) in [5.41, 5.74) is 2.46. The van der Waals surface area contributed by atoms with Crippen molar-refractivity contribution >= 4 is 55.7 Å². The Morgan fingerprint density at radius 1 is 1.28 bits per heavy atom. The first-order chi connectivity index (χ1) is 12.0. The van der Waals surface area contributed by atoms with Crippen LogP contribution in [0.1, 0.15) is 21.6 Å². The van der Waals surface area contributed by atoms with Crippen molar-refractivity contribution in [3.05, 3.63) is 55.7 Å². The van der Waals surface area contributed by atoms with Crippen molar-refractivity contribution in [1.82, 2.24) is 10.3 Å². The molecule has 0 saturated heterocycles. The van der Waals surface area contributed by atoms with Crippen LogP contribution in [0, 0.1) is 3.57 Å². The Hall–Kier alpha value is -1.86. The Bertz CT molecular complexity index is 898. The number of imide groups is 1. The minimum atomic E-state index is -0.682. The Kier molecular flexibility index (Phi) is 5.44. The molecule has 0 saturated carbocycles. The van der Waals surface area contributed by atoms with Crippen LogP contribution in [0.25, 0.3) is 5.57 Å². The van der Waals surface area contributed by atoms with Crippen molar-refractivity contribution in [3.8, 4) is 11.5 Å². The first-order valence-corrected chi connectivity index (χ1v) is 11.1. The summed E-state index contributed by atoms with van der Waals surface area (Å²) in [5, 5.41) is 12.8. The molecule has 0 radical (unpaired) electrons. The fourth-order valence-corrected chi connectivity index (χ4v) is 5.01. The summed E-state index contributed by atoms with van der Waals surface area (Å²) in [5.74, 6) is -0.354. The zero-order valence-corrected chi connectivity index (χ0v) is 17.4. The Balaban J connectivity index is 1.83. The van der Waals surface area contributed by atoms with Crippen LogP contribution < -0.4 is 10.1 Å². The number of aromatic nitrogens is 1. The molecule has 0 fully saturated rings. The van der Waals surface area contributed by atoms with Gasteiger partial charge in [0.15, 0.2) is 0 Å². The molecule has 2 N–H and O–H groups in total. The summed E-state index contributed by atoms with van der Waals surface area (Å²) in [4.78, 5) is 30.3. The summed E-state index contributed by atoms with van der Waals surface area (Å²) < 4.78 is 5.94. The number of aromatic hydroxyl groups is 1. The van der Waals surface area contributed by atoms with E-state index in [0.717, 1.165) is 9.26 Å². The average molecular weight is 512 g/mol. The van der Waals surface area contributed by atoms with Crippen molar-refractivity contribution in [2.24, 2.45) is 0 Å². The molecule has 0 aliphatic carbocycles. The van der Waals surface area contributed by atoms with Crippen molar-refractivity contribution < 1.29 is 19.4 Å². The molecule has 2 aromatic rings. The molecule has 128 valence electrons. The van der Waals surface area contributed by atoms with E-state index in [9.17, 15) is 14.7 Å². The maximum atomic E-state index is 12.2. The predicted octanol–water partition coefficient (Wildman–Crippen LogP) is 1.65. The van der Waals surface area contributed by atoms with Gasteiger partial charge in [0.2, 0.25) is 0 Å². The van der Waals surface area contributed by atoms with Crippen LogP contribution in [0.15, 0.2) is 35.3 Å². The van der Waals surface area contributed by atoms with Crippen LogP contribution in [-0.4, -0.2) is 44.8 Å². The molecule has 1 atom stereocenters. The van der Waals surface area contributed by atoms with Crippen LogP contribution in [0.4, 0.5) is 0 Å². The van der Waals surface area contributed by atoms with Gasteiger partial charge in [-0.1, -0.05) is 0 Å². The Morgan fingerprint density at radius 3 is 2.80 bits per heavy atom. The molecule has 2 amide bonds. The molecule has 25 heavy (non-hydrogen) atoms. The van der Waals surface area contributed by atoms with Crippen molar-refractivity contribution in [2.75, 3.05) is 7.11 Å². The molecule has 0 bridgehead atoms. The van der Waals surface area contributed by atoms with E-state index in [4.69, 9.17) is 4.74 Å². The van der Waals surface area contributed by atoms with Gasteiger partial charge >= 0.3 is 165 Å². The number of halogens is 1. The number of hydrogen-bond acceptors (Lipinski definition) is 5. The summed E-state index contributed by atoms with van der Waals surface area (Å²) >= 11 is 1.48. The number of carbonyl (C=O) groups excluding carboxylic acids is 2. The SMILES string of the molecule is COc1cnc(C[AsH]/C=C2/C(=O)NC(=O)c3ccc(I)cc32)cc1O. The van der Waals surface area contributed by atoms with Gasteiger partial charge in [-0.2, -0.15) is 0 Å². The van der Waals surface area contributed by atoms with E-state index in [1.165, 1.54) is 13.3 Å². The van der Waals surface area contributed by atoms with Crippen LogP contribution in [0.2, 0.25) is 0 Å². The molecule has 6 nitrogen and oxygen atoms in total. The molecular formula is C17H14AsIN2O4. The number of nitrogens with one attached hydrogen (secondary N) is 1. The second kappa shape index (κ2) is 7.57. The molecule has 8 heteroatoms.